The molecule has 0 aliphatic carbocycles. The lowest BCUT2D eigenvalue weighted by atomic mass is 9.86. The summed E-state index contributed by atoms with van der Waals surface area (Å²) in [5.41, 5.74) is 2.81. The van der Waals surface area contributed by atoms with Crippen LogP contribution in [-0.2, 0) is 5.41 Å². The Morgan fingerprint density at radius 1 is 1.25 bits per heavy atom. The fraction of sp³-hybridized carbons (Fsp3) is 0.571. The zero-order valence-electron chi connectivity index (χ0n) is 10.6. The molecule has 1 heterocycles. The number of benzene rings is 1. The Morgan fingerprint density at radius 2 is 1.94 bits per heavy atom. The molecule has 0 aromatic heterocycles. The molecule has 2 nitrogen and oxygen atoms in total. The SMILES string of the molecule is Cc1cc(C(C)(C)C)ccc1OC1CNC1. The van der Waals surface area contributed by atoms with Crippen molar-refractivity contribution < 1.29 is 4.74 Å². The molecule has 0 spiro atoms. The first-order valence-corrected chi connectivity index (χ1v) is 5.95. The molecule has 1 aromatic carbocycles. The number of nitrogens with one attached hydrogen (secondary N) is 1. The quantitative estimate of drug-likeness (QED) is 0.825. The number of hydrogen-bond donors (Lipinski definition) is 1. The van der Waals surface area contributed by atoms with Gasteiger partial charge in [-0.1, -0.05) is 32.9 Å². The van der Waals surface area contributed by atoms with E-state index >= 15 is 0 Å². The van der Waals surface area contributed by atoms with Crippen LogP contribution in [0.4, 0.5) is 0 Å². The van der Waals surface area contributed by atoms with Gasteiger partial charge in [0.1, 0.15) is 11.9 Å². The maximum absolute atomic E-state index is 5.89. The van der Waals surface area contributed by atoms with E-state index in [4.69, 9.17) is 4.74 Å². The molecule has 0 saturated carbocycles. The molecule has 0 radical (unpaired) electrons. The highest BCUT2D eigenvalue weighted by molar-refractivity contribution is 5.39. The molecule has 0 bridgehead atoms. The Morgan fingerprint density at radius 3 is 2.38 bits per heavy atom. The molecule has 1 N–H and O–H groups in total. The van der Waals surface area contributed by atoms with Gasteiger partial charge in [0.15, 0.2) is 0 Å². The van der Waals surface area contributed by atoms with Crippen molar-refractivity contribution in [2.24, 2.45) is 0 Å². The molecule has 1 aliphatic heterocycles. The number of hydrogen-bond acceptors (Lipinski definition) is 2. The molecule has 2 heteroatoms. The number of ether oxygens (including phenoxy) is 1. The molecule has 2 rings (SSSR count). The van der Waals surface area contributed by atoms with E-state index in [1.165, 1.54) is 11.1 Å². The topological polar surface area (TPSA) is 21.3 Å². The van der Waals surface area contributed by atoms with Gasteiger partial charge >= 0.3 is 0 Å². The van der Waals surface area contributed by atoms with Crippen molar-refractivity contribution in [3.8, 4) is 5.75 Å². The molecule has 1 fully saturated rings. The second-order valence-corrected chi connectivity index (χ2v) is 5.63. The third-order valence-corrected chi connectivity index (χ3v) is 3.08. The van der Waals surface area contributed by atoms with Gasteiger partial charge in [-0.15, -0.1) is 0 Å². The van der Waals surface area contributed by atoms with E-state index in [0.717, 1.165) is 18.8 Å². The first-order chi connectivity index (χ1) is 7.47. The van der Waals surface area contributed by atoms with Crippen LogP contribution in [0.2, 0.25) is 0 Å². The molecule has 1 aliphatic rings. The Balaban J connectivity index is 2.15. The van der Waals surface area contributed by atoms with Crippen LogP contribution in [0.15, 0.2) is 18.2 Å². The smallest absolute Gasteiger partial charge is 0.123 e. The normalized spacial score (nSPS) is 17.0. The Hall–Kier alpha value is -1.02. The van der Waals surface area contributed by atoms with Crippen molar-refractivity contribution in [3.63, 3.8) is 0 Å². The monoisotopic (exact) mass is 219 g/mol. The van der Waals surface area contributed by atoms with Gasteiger partial charge < -0.3 is 10.1 Å². The fourth-order valence-electron chi connectivity index (χ4n) is 1.77. The van der Waals surface area contributed by atoms with E-state index in [0.29, 0.717) is 6.10 Å². The molecule has 1 saturated heterocycles. The summed E-state index contributed by atoms with van der Waals surface area (Å²) < 4.78 is 5.89. The van der Waals surface area contributed by atoms with Crippen molar-refractivity contribution in [2.75, 3.05) is 13.1 Å². The average molecular weight is 219 g/mol. The molecule has 0 atom stereocenters. The Kier molecular flexibility index (Phi) is 2.94. The molecule has 1 aromatic rings. The molecule has 0 unspecified atom stereocenters. The minimum atomic E-state index is 0.210. The first kappa shape index (κ1) is 11.5. The summed E-state index contributed by atoms with van der Waals surface area (Å²) in [4.78, 5) is 0. The van der Waals surface area contributed by atoms with Gasteiger partial charge in [0, 0.05) is 13.1 Å². The molecule has 0 amide bonds. The van der Waals surface area contributed by atoms with Crippen LogP contribution in [0.25, 0.3) is 0 Å². The van der Waals surface area contributed by atoms with Crippen molar-refractivity contribution in [2.45, 2.75) is 39.2 Å². The molecular weight excluding hydrogens is 198 g/mol. The van der Waals surface area contributed by atoms with Gasteiger partial charge in [-0.3, -0.25) is 0 Å². The summed E-state index contributed by atoms with van der Waals surface area (Å²) in [5, 5.41) is 3.21. The van der Waals surface area contributed by atoms with Crippen LogP contribution in [0.1, 0.15) is 31.9 Å². The standard InChI is InChI=1S/C14H21NO/c1-10-7-11(14(2,3)4)5-6-13(10)16-12-8-15-9-12/h5-7,12,15H,8-9H2,1-4H3. The fourth-order valence-corrected chi connectivity index (χ4v) is 1.77. The zero-order valence-corrected chi connectivity index (χ0v) is 10.6. The maximum Gasteiger partial charge on any atom is 0.123 e. The van der Waals surface area contributed by atoms with E-state index in [2.05, 4.69) is 51.2 Å². The maximum atomic E-state index is 5.89. The number of aryl methyl sites for hydroxylation is 1. The summed E-state index contributed by atoms with van der Waals surface area (Å²) in [5.74, 6) is 1.03. The van der Waals surface area contributed by atoms with Crippen LogP contribution >= 0.6 is 0 Å². The van der Waals surface area contributed by atoms with Crippen molar-refractivity contribution in [1.82, 2.24) is 5.32 Å². The minimum absolute atomic E-state index is 0.210. The van der Waals surface area contributed by atoms with Crippen molar-refractivity contribution >= 4 is 0 Å². The third-order valence-electron chi connectivity index (χ3n) is 3.08. The highest BCUT2D eigenvalue weighted by atomic mass is 16.5. The van der Waals surface area contributed by atoms with E-state index < -0.39 is 0 Å². The lowest BCUT2D eigenvalue weighted by molar-refractivity contribution is 0.141. The van der Waals surface area contributed by atoms with Gasteiger partial charge in [0.2, 0.25) is 0 Å². The second kappa shape index (κ2) is 4.10. The highest BCUT2D eigenvalue weighted by Crippen LogP contribution is 2.28. The van der Waals surface area contributed by atoms with E-state index in [9.17, 15) is 0 Å². The van der Waals surface area contributed by atoms with E-state index in [1.54, 1.807) is 0 Å². The highest BCUT2D eigenvalue weighted by Gasteiger charge is 2.20. The van der Waals surface area contributed by atoms with Crippen molar-refractivity contribution in [1.29, 1.82) is 0 Å². The third kappa shape index (κ3) is 2.38. The Bertz CT molecular complexity index is 375. The minimum Gasteiger partial charge on any atom is -0.487 e. The molecular formula is C14H21NO. The largest absolute Gasteiger partial charge is 0.487 e. The average Bonchev–Trinajstić information content (AvgIpc) is 2.11. The van der Waals surface area contributed by atoms with Gasteiger partial charge in [-0.2, -0.15) is 0 Å². The van der Waals surface area contributed by atoms with Gasteiger partial charge in [-0.25, -0.2) is 0 Å². The summed E-state index contributed by atoms with van der Waals surface area (Å²) in [6, 6.07) is 6.52. The van der Waals surface area contributed by atoms with Crippen molar-refractivity contribution in [3.05, 3.63) is 29.3 Å². The predicted octanol–water partition coefficient (Wildman–Crippen LogP) is 2.64. The van der Waals surface area contributed by atoms with Gasteiger partial charge in [-0.05, 0) is 29.5 Å². The first-order valence-electron chi connectivity index (χ1n) is 5.95. The molecule has 88 valence electrons. The number of rotatable bonds is 2. The van der Waals surface area contributed by atoms with E-state index in [-0.39, 0.29) is 5.41 Å². The Labute approximate surface area is 98.0 Å². The van der Waals surface area contributed by atoms with Crippen LogP contribution < -0.4 is 10.1 Å². The summed E-state index contributed by atoms with van der Waals surface area (Å²) in [7, 11) is 0. The second-order valence-electron chi connectivity index (χ2n) is 5.63. The van der Waals surface area contributed by atoms with Crippen LogP contribution in [0.5, 0.6) is 5.75 Å². The van der Waals surface area contributed by atoms with Gasteiger partial charge in [0.05, 0.1) is 0 Å². The lowest BCUT2D eigenvalue weighted by Gasteiger charge is -2.29. The predicted molar refractivity (Wildman–Crippen MR) is 67.2 cm³/mol. The van der Waals surface area contributed by atoms with Crippen LogP contribution in [0, 0.1) is 6.92 Å². The summed E-state index contributed by atoms with van der Waals surface area (Å²) >= 11 is 0. The van der Waals surface area contributed by atoms with Gasteiger partial charge in [0.25, 0.3) is 0 Å². The van der Waals surface area contributed by atoms with Crippen LogP contribution in [-0.4, -0.2) is 19.2 Å². The summed E-state index contributed by atoms with van der Waals surface area (Å²) in [6.07, 6.45) is 0.360. The zero-order chi connectivity index (χ0) is 11.8. The lowest BCUT2D eigenvalue weighted by Crippen LogP contribution is -2.50. The van der Waals surface area contributed by atoms with E-state index in [1.807, 2.05) is 0 Å². The molecule has 16 heavy (non-hydrogen) atoms. The summed E-state index contributed by atoms with van der Waals surface area (Å²) in [6.45, 7) is 10.8. The van der Waals surface area contributed by atoms with Crippen LogP contribution in [0.3, 0.4) is 0 Å².